The van der Waals surface area contributed by atoms with Crippen LogP contribution in [0.5, 0.6) is 0 Å². The standard InChI is InChI=1S/C11H22N2O/c1-3-5-13(10-7-12-8-10)11-4-6-14-9(11)2/h9-12H,3-8H2,1-2H3. The molecule has 3 nitrogen and oxygen atoms in total. The topological polar surface area (TPSA) is 24.5 Å². The lowest BCUT2D eigenvalue weighted by Gasteiger charge is -2.42. The van der Waals surface area contributed by atoms with Gasteiger partial charge in [-0.05, 0) is 26.3 Å². The van der Waals surface area contributed by atoms with E-state index in [0.717, 1.165) is 12.6 Å². The molecule has 2 saturated heterocycles. The van der Waals surface area contributed by atoms with E-state index in [-0.39, 0.29) is 0 Å². The van der Waals surface area contributed by atoms with Crippen molar-refractivity contribution in [3.05, 3.63) is 0 Å². The summed E-state index contributed by atoms with van der Waals surface area (Å²) in [5.41, 5.74) is 0. The Kier molecular flexibility index (Phi) is 3.42. The van der Waals surface area contributed by atoms with Gasteiger partial charge in [0.05, 0.1) is 6.10 Å². The summed E-state index contributed by atoms with van der Waals surface area (Å²) in [6.45, 7) is 9.00. The molecule has 0 aromatic heterocycles. The fraction of sp³-hybridized carbons (Fsp3) is 1.00. The minimum Gasteiger partial charge on any atom is -0.377 e. The van der Waals surface area contributed by atoms with Crippen LogP contribution in [0.15, 0.2) is 0 Å². The molecule has 2 rings (SSSR count). The molecule has 2 atom stereocenters. The third kappa shape index (κ3) is 1.95. The van der Waals surface area contributed by atoms with Gasteiger partial charge in [0.2, 0.25) is 0 Å². The summed E-state index contributed by atoms with van der Waals surface area (Å²) >= 11 is 0. The first-order chi connectivity index (χ1) is 6.83. The highest BCUT2D eigenvalue weighted by atomic mass is 16.5. The molecule has 0 amide bonds. The number of ether oxygens (including phenoxy) is 1. The molecule has 0 spiro atoms. The maximum Gasteiger partial charge on any atom is 0.0703 e. The van der Waals surface area contributed by atoms with E-state index >= 15 is 0 Å². The summed E-state index contributed by atoms with van der Waals surface area (Å²) in [7, 11) is 0. The SMILES string of the molecule is CCCN(C1CNC1)C1CCOC1C. The van der Waals surface area contributed by atoms with Crippen molar-refractivity contribution in [1.29, 1.82) is 0 Å². The second-order valence-electron chi connectivity index (χ2n) is 4.48. The average Bonchev–Trinajstić information content (AvgIpc) is 2.47. The average molecular weight is 198 g/mol. The minimum atomic E-state index is 0.433. The van der Waals surface area contributed by atoms with Crippen molar-refractivity contribution in [2.75, 3.05) is 26.2 Å². The first kappa shape index (κ1) is 10.4. The second-order valence-corrected chi connectivity index (χ2v) is 4.48. The van der Waals surface area contributed by atoms with Crippen molar-refractivity contribution in [1.82, 2.24) is 10.2 Å². The van der Waals surface area contributed by atoms with Gasteiger partial charge in [-0.2, -0.15) is 0 Å². The maximum absolute atomic E-state index is 5.65. The molecular weight excluding hydrogens is 176 g/mol. The molecule has 82 valence electrons. The van der Waals surface area contributed by atoms with Crippen LogP contribution in [0.1, 0.15) is 26.7 Å². The Morgan fingerprint density at radius 2 is 2.21 bits per heavy atom. The van der Waals surface area contributed by atoms with Crippen molar-refractivity contribution in [3.63, 3.8) is 0 Å². The summed E-state index contributed by atoms with van der Waals surface area (Å²) in [4.78, 5) is 2.66. The quantitative estimate of drug-likeness (QED) is 0.725. The summed E-state index contributed by atoms with van der Waals surface area (Å²) in [5.74, 6) is 0. The molecule has 2 aliphatic rings. The summed E-state index contributed by atoms with van der Waals surface area (Å²) in [6, 6.07) is 1.44. The molecule has 1 N–H and O–H groups in total. The van der Waals surface area contributed by atoms with Gasteiger partial charge in [0.15, 0.2) is 0 Å². The molecule has 2 aliphatic heterocycles. The molecule has 0 radical (unpaired) electrons. The third-order valence-electron chi connectivity index (χ3n) is 3.47. The lowest BCUT2D eigenvalue weighted by molar-refractivity contribution is 0.0383. The van der Waals surface area contributed by atoms with Gasteiger partial charge < -0.3 is 10.1 Å². The van der Waals surface area contributed by atoms with Crippen LogP contribution in [0.2, 0.25) is 0 Å². The van der Waals surface area contributed by atoms with Gasteiger partial charge in [0.1, 0.15) is 0 Å². The van der Waals surface area contributed by atoms with E-state index in [1.807, 2.05) is 0 Å². The van der Waals surface area contributed by atoms with E-state index in [4.69, 9.17) is 4.74 Å². The Morgan fingerprint density at radius 1 is 1.43 bits per heavy atom. The van der Waals surface area contributed by atoms with E-state index in [2.05, 4.69) is 24.1 Å². The van der Waals surface area contributed by atoms with E-state index in [9.17, 15) is 0 Å². The number of hydrogen-bond donors (Lipinski definition) is 1. The third-order valence-corrected chi connectivity index (χ3v) is 3.47. The molecule has 3 heteroatoms. The molecule has 0 aromatic carbocycles. The Bertz CT molecular complexity index is 182. The maximum atomic E-state index is 5.65. The molecule has 2 unspecified atom stereocenters. The van der Waals surface area contributed by atoms with E-state index in [1.54, 1.807) is 0 Å². The molecule has 2 heterocycles. The summed E-state index contributed by atoms with van der Waals surface area (Å²) in [6.07, 6.45) is 2.90. The number of nitrogens with zero attached hydrogens (tertiary/aromatic N) is 1. The fourth-order valence-corrected chi connectivity index (χ4v) is 2.54. The van der Waals surface area contributed by atoms with Crippen molar-refractivity contribution in [2.45, 2.75) is 44.9 Å². The molecular formula is C11H22N2O. The first-order valence-corrected chi connectivity index (χ1v) is 5.91. The van der Waals surface area contributed by atoms with Crippen LogP contribution in [0.3, 0.4) is 0 Å². The van der Waals surface area contributed by atoms with Crippen LogP contribution in [-0.4, -0.2) is 49.3 Å². The zero-order valence-corrected chi connectivity index (χ0v) is 9.33. The molecule has 0 aliphatic carbocycles. The van der Waals surface area contributed by atoms with Crippen LogP contribution in [-0.2, 0) is 4.74 Å². The van der Waals surface area contributed by atoms with E-state index in [0.29, 0.717) is 12.1 Å². The highest BCUT2D eigenvalue weighted by Gasteiger charge is 2.35. The normalized spacial score (nSPS) is 33.6. The lowest BCUT2D eigenvalue weighted by Crippen LogP contribution is -2.61. The van der Waals surface area contributed by atoms with Crippen molar-refractivity contribution < 1.29 is 4.74 Å². The highest BCUT2D eigenvalue weighted by Crippen LogP contribution is 2.23. The van der Waals surface area contributed by atoms with Crippen LogP contribution in [0.25, 0.3) is 0 Å². The Labute approximate surface area is 86.8 Å². The van der Waals surface area contributed by atoms with Gasteiger partial charge in [-0.15, -0.1) is 0 Å². The van der Waals surface area contributed by atoms with E-state index in [1.165, 1.54) is 32.5 Å². The smallest absolute Gasteiger partial charge is 0.0703 e. The Balaban J connectivity index is 1.93. The Morgan fingerprint density at radius 3 is 2.64 bits per heavy atom. The number of nitrogens with one attached hydrogen (secondary N) is 1. The van der Waals surface area contributed by atoms with Crippen LogP contribution in [0.4, 0.5) is 0 Å². The second kappa shape index (κ2) is 4.60. The van der Waals surface area contributed by atoms with Crippen molar-refractivity contribution in [2.24, 2.45) is 0 Å². The lowest BCUT2D eigenvalue weighted by atomic mass is 10.0. The molecule has 0 saturated carbocycles. The van der Waals surface area contributed by atoms with Crippen LogP contribution >= 0.6 is 0 Å². The van der Waals surface area contributed by atoms with Gasteiger partial charge >= 0.3 is 0 Å². The molecule has 0 aromatic rings. The number of hydrogen-bond acceptors (Lipinski definition) is 3. The number of rotatable bonds is 4. The molecule has 2 fully saturated rings. The van der Waals surface area contributed by atoms with Crippen LogP contribution < -0.4 is 5.32 Å². The molecule has 0 bridgehead atoms. The van der Waals surface area contributed by atoms with Crippen molar-refractivity contribution in [3.8, 4) is 0 Å². The fourth-order valence-electron chi connectivity index (χ4n) is 2.54. The summed E-state index contributed by atoms with van der Waals surface area (Å²) < 4.78 is 5.65. The van der Waals surface area contributed by atoms with Gasteiger partial charge in [0.25, 0.3) is 0 Å². The largest absolute Gasteiger partial charge is 0.377 e. The Hall–Kier alpha value is -0.120. The predicted molar refractivity (Wildman–Crippen MR) is 57.5 cm³/mol. The monoisotopic (exact) mass is 198 g/mol. The zero-order valence-electron chi connectivity index (χ0n) is 9.33. The minimum absolute atomic E-state index is 0.433. The summed E-state index contributed by atoms with van der Waals surface area (Å²) in [5, 5.41) is 3.36. The zero-order chi connectivity index (χ0) is 9.97. The van der Waals surface area contributed by atoms with Crippen LogP contribution in [0, 0.1) is 0 Å². The van der Waals surface area contributed by atoms with Gasteiger partial charge in [-0.25, -0.2) is 0 Å². The molecule has 14 heavy (non-hydrogen) atoms. The van der Waals surface area contributed by atoms with Gasteiger partial charge in [0, 0.05) is 31.8 Å². The van der Waals surface area contributed by atoms with Gasteiger partial charge in [-0.1, -0.05) is 6.92 Å². The first-order valence-electron chi connectivity index (χ1n) is 5.91. The highest BCUT2D eigenvalue weighted by molar-refractivity contribution is 4.92. The van der Waals surface area contributed by atoms with Gasteiger partial charge in [-0.3, -0.25) is 4.90 Å². The van der Waals surface area contributed by atoms with E-state index < -0.39 is 0 Å². The predicted octanol–water partition coefficient (Wildman–Crippen LogP) is 0.848. The van der Waals surface area contributed by atoms with Crippen molar-refractivity contribution >= 4 is 0 Å².